The summed E-state index contributed by atoms with van der Waals surface area (Å²) in [4.78, 5) is 24.3. The van der Waals surface area contributed by atoms with Crippen molar-refractivity contribution in [3.05, 3.63) is 23.8 Å². The average Bonchev–Trinajstić information content (AvgIpc) is 3.60. The zero-order valence-corrected chi connectivity index (χ0v) is 18.0. The summed E-state index contributed by atoms with van der Waals surface area (Å²) < 4.78 is 16.8. The molecule has 166 valence electrons. The lowest BCUT2D eigenvalue weighted by molar-refractivity contribution is -0.159. The quantitative estimate of drug-likeness (QED) is 0.257. The van der Waals surface area contributed by atoms with E-state index in [1.165, 1.54) is 31.8 Å². The van der Waals surface area contributed by atoms with E-state index in [1.54, 1.807) is 6.08 Å². The van der Waals surface area contributed by atoms with Crippen LogP contribution in [0.25, 0.3) is 0 Å². The lowest BCUT2D eigenvalue weighted by Crippen LogP contribution is -2.49. The standard InChI is InChI=1S/C23H33NO6/c1-4-5-6-7-8-13(2)11-14(3)9-10-16(25)24-15-12-23(30-22(15)27)20-18(28-20)17(26)19-21(23)29-19/h9-11,13,15,18-22,27H,4-8,12H2,1-3H3,(H,24,25)/b10-9+,14-11+/t13-,15+,18-,19+,20-,21+,22-,23?/m0/s1. The molecule has 3 aliphatic heterocycles. The maximum atomic E-state index is 12.4. The molecule has 0 aromatic heterocycles. The van der Waals surface area contributed by atoms with Crippen LogP contribution in [0.15, 0.2) is 23.8 Å². The summed E-state index contributed by atoms with van der Waals surface area (Å²) >= 11 is 0. The first-order valence-electron chi connectivity index (χ1n) is 11.2. The van der Waals surface area contributed by atoms with Crippen LogP contribution in [0.3, 0.4) is 0 Å². The largest absolute Gasteiger partial charge is 0.366 e. The molecule has 4 fully saturated rings. The molecule has 4 aliphatic rings. The number of ether oxygens (including phenoxy) is 3. The van der Waals surface area contributed by atoms with Gasteiger partial charge in [0.25, 0.3) is 0 Å². The van der Waals surface area contributed by atoms with Crippen LogP contribution in [0.4, 0.5) is 0 Å². The molecule has 1 saturated carbocycles. The summed E-state index contributed by atoms with van der Waals surface area (Å²) in [5, 5.41) is 13.2. The SMILES string of the molecule is CCCCCC[C@H](C)/C=C(C)/C=C/C(=O)N[C@@H]1CC2(O[C@@H]1O)[C@@H]1O[C@@H]1C(=O)[C@@H]1O[C@@H]12. The van der Waals surface area contributed by atoms with Crippen LogP contribution >= 0.6 is 0 Å². The van der Waals surface area contributed by atoms with Gasteiger partial charge in [-0.3, -0.25) is 9.59 Å². The highest BCUT2D eigenvalue weighted by Gasteiger charge is 2.79. The molecule has 1 aliphatic carbocycles. The Morgan fingerprint density at radius 1 is 1.23 bits per heavy atom. The van der Waals surface area contributed by atoms with E-state index in [1.807, 2.05) is 6.92 Å². The van der Waals surface area contributed by atoms with Gasteiger partial charge in [-0.2, -0.15) is 0 Å². The molecular weight excluding hydrogens is 386 g/mol. The van der Waals surface area contributed by atoms with Gasteiger partial charge in [-0.15, -0.1) is 0 Å². The number of carbonyl (C=O) groups is 2. The van der Waals surface area contributed by atoms with Gasteiger partial charge in [0.1, 0.15) is 30.0 Å². The van der Waals surface area contributed by atoms with E-state index in [0.29, 0.717) is 12.3 Å². The fraction of sp³-hybridized carbons (Fsp3) is 0.739. The molecule has 30 heavy (non-hydrogen) atoms. The minimum absolute atomic E-state index is 0.0361. The lowest BCUT2D eigenvalue weighted by atomic mass is 9.81. The molecule has 7 nitrogen and oxygen atoms in total. The molecule has 0 aromatic carbocycles. The van der Waals surface area contributed by atoms with Gasteiger partial charge in [0.2, 0.25) is 5.91 Å². The van der Waals surface area contributed by atoms with Crippen molar-refractivity contribution in [2.24, 2.45) is 5.92 Å². The predicted octanol–water partition coefficient (Wildman–Crippen LogP) is 2.18. The van der Waals surface area contributed by atoms with E-state index >= 15 is 0 Å². The smallest absolute Gasteiger partial charge is 0.244 e. The number of Topliss-reactive ketones (excluding diaryl/α,β-unsaturated/α-hetero) is 1. The van der Waals surface area contributed by atoms with Gasteiger partial charge >= 0.3 is 0 Å². The van der Waals surface area contributed by atoms with E-state index in [0.717, 1.165) is 12.0 Å². The van der Waals surface area contributed by atoms with Crippen LogP contribution < -0.4 is 5.32 Å². The average molecular weight is 420 g/mol. The van der Waals surface area contributed by atoms with Crippen molar-refractivity contribution in [2.45, 2.75) is 102 Å². The number of carbonyl (C=O) groups excluding carboxylic acids is 2. The summed E-state index contributed by atoms with van der Waals surface area (Å²) in [5.41, 5.74) is 0.204. The van der Waals surface area contributed by atoms with Gasteiger partial charge in [0.05, 0.1) is 6.04 Å². The highest BCUT2D eigenvalue weighted by molar-refractivity contribution is 5.94. The number of rotatable bonds is 9. The molecule has 3 saturated heterocycles. The van der Waals surface area contributed by atoms with E-state index in [4.69, 9.17) is 14.2 Å². The van der Waals surface area contributed by atoms with Gasteiger partial charge in [0.15, 0.2) is 12.1 Å². The number of ketones is 1. The highest BCUT2D eigenvalue weighted by Crippen LogP contribution is 2.57. The third-order valence-corrected chi connectivity index (χ3v) is 6.62. The van der Waals surface area contributed by atoms with Crippen molar-refractivity contribution in [1.82, 2.24) is 5.32 Å². The fourth-order valence-electron chi connectivity index (χ4n) is 4.93. The number of allylic oxidation sites excluding steroid dienone is 3. The molecule has 0 bridgehead atoms. The minimum Gasteiger partial charge on any atom is -0.366 e. The Labute approximate surface area is 177 Å². The van der Waals surface area contributed by atoms with E-state index in [2.05, 4.69) is 25.2 Å². The Bertz CT molecular complexity index is 726. The monoisotopic (exact) mass is 419 g/mol. The van der Waals surface area contributed by atoms with E-state index < -0.39 is 30.1 Å². The third kappa shape index (κ3) is 4.26. The summed E-state index contributed by atoms with van der Waals surface area (Å²) in [6.07, 6.45) is 9.12. The second-order valence-corrected chi connectivity index (χ2v) is 9.21. The molecule has 3 heterocycles. The van der Waals surface area contributed by atoms with Crippen LogP contribution in [0.2, 0.25) is 0 Å². The molecule has 0 radical (unpaired) electrons. The molecule has 7 heteroatoms. The van der Waals surface area contributed by atoms with Gasteiger partial charge in [-0.05, 0) is 19.3 Å². The van der Waals surface area contributed by atoms with Crippen LogP contribution in [0.5, 0.6) is 0 Å². The molecule has 8 atom stereocenters. The molecule has 2 N–H and O–H groups in total. The number of epoxide rings is 2. The van der Waals surface area contributed by atoms with Crippen molar-refractivity contribution in [1.29, 1.82) is 0 Å². The summed E-state index contributed by atoms with van der Waals surface area (Å²) in [6, 6.07) is -0.563. The second kappa shape index (κ2) is 8.54. The Hall–Kier alpha value is -1.54. The number of nitrogens with one attached hydrogen (secondary N) is 1. The Balaban J connectivity index is 1.26. The first kappa shape index (κ1) is 21.7. The number of hydrogen-bond donors (Lipinski definition) is 2. The number of unbranched alkanes of at least 4 members (excludes halogenated alkanes) is 3. The highest BCUT2D eigenvalue weighted by atomic mass is 16.7. The Kier molecular flexibility index (Phi) is 6.17. The first-order valence-corrected chi connectivity index (χ1v) is 11.2. The molecule has 1 spiro atoms. The van der Waals surface area contributed by atoms with Crippen LogP contribution in [-0.2, 0) is 23.8 Å². The molecule has 1 amide bonds. The second-order valence-electron chi connectivity index (χ2n) is 9.21. The van der Waals surface area contributed by atoms with Crippen LogP contribution in [0, 0.1) is 5.92 Å². The van der Waals surface area contributed by atoms with Crippen molar-refractivity contribution in [3.8, 4) is 0 Å². The molecule has 0 aromatic rings. The zero-order valence-electron chi connectivity index (χ0n) is 18.0. The number of hydrogen-bond acceptors (Lipinski definition) is 6. The number of fused-ring (bicyclic) bond motifs is 4. The van der Waals surface area contributed by atoms with Crippen molar-refractivity contribution in [3.63, 3.8) is 0 Å². The number of amides is 1. The Morgan fingerprint density at radius 3 is 2.60 bits per heavy atom. The minimum atomic E-state index is -1.15. The summed E-state index contributed by atoms with van der Waals surface area (Å²) in [5.74, 6) is 0.161. The van der Waals surface area contributed by atoms with Gasteiger partial charge < -0.3 is 24.6 Å². The van der Waals surface area contributed by atoms with Crippen molar-refractivity contribution < 1.29 is 28.9 Å². The maximum Gasteiger partial charge on any atom is 0.244 e. The number of aliphatic hydroxyl groups is 1. The van der Waals surface area contributed by atoms with Crippen LogP contribution in [0.1, 0.15) is 59.3 Å². The van der Waals surface area contributed by atoms with Gasteiger partial charge in [0, 0.05) is 12.5 Å². The molecule has 1 unspecified atom stereocenters. The summed E-state index contributed by atoms with van der Waals surface area (Å²) in [6.45, 7) is 6.40. The maximum absolute atomic E-state index is 12.4. The Morgan fingerprint density at radius 2 is 1.93 bits per heavy atom. The number of aliphatic hydroxyl groups excluding tert-OH is 1. The van der Waals surface area contributed by atoms with Gasteiger partial charge in [-0.1, -0.05) is 57.3 Å². The normalized spacial score (nSPS) is 40.4. The van der Waals surface area contributed by atoms with Crippen molar-refractivity contribution in [2.75, 3.05) is 0 Å². The topological polar surface area (TPSA) is 101 Å². The van der Waals surface area contributed by atoms with Gasteiger partial charge in [-0.25, -0.2) is 0 Å². The fourth-order valence-corrected chi connectivity index (χ4v) is 4.93. The lowest BCUT2D eigenvalue weighted by Gasteiger charge is -2.26. The van der Waals surface area contributed by atoms with Crippen LogP contribution in [-0.4, -0.2) is 59.1 Å². The predicted molar refractivity (Wildman–Crippen MR) is 110 cm³/mol. The first-order chi connectivity index (χ1) is 14.4. The third-order valence-electron chi connectivity index (χ3n) is 6.62. The van der Waals surface area contributed by atoms with Crippen molar-refractivity contribution >= 4 is 11.7 Å². The molecular formula is C23H33NO6. The summed E-state index contributed by atoms with van der Waals surface area (Å²) in [7, 11) is 0. The van der Waals surface area contributed by atoms with E-state index in [-0.39, 0.29) is 23.9 Å². The van der Waals surface area contributed by atoms with E-state index in [9.17, 15) is 14.7 Å². The molecule has 4 rings (SSSR count). The zero-order chi connectivity index (χ0) is 21.5.